The van der Waals surface area contributed by atoms with Crippen LogP contribution in [0.4, 0.5) is 0 Å². The van der Waals surface area contributed by atoms with E-state index < -0.39 is 11.5 Å². The summed E-state index contributed by atoms with van der Waals surface area (Å²) in [5, 5.41) is 3.66. The van der Waals surface area contributed by atoms with Crippen LogP contribution in [0.2, 0.25) is 0 Å². The molecule has 3 aromatic rings. The molecule has 0 atom stereocenters. The van der Waals surface area contributed by atoms with E-state index in [4.69, 9.17) is 0 Å². The molecule has 2 amide bonds. The van der Waals surface area contributed by atoms with Crippen molar-refractivity contribution in [1.29, 1.82) is 0 Å². The highest BCUT2D eigenvalue weighted by Crippen LogP contribution is 2.30. The van der Waals surface area contributed by atoms with Gasteiger partial charge in [0.05, 0.1) is 5.75 Å². The van der Waals surface area contributed by atoms with E-state index in [0.29, 0.717) is 25.3 Å². The van der Waals surface area contributed by atoms with Gasteiger partial charge in [0.1, 0.15) is 5.56 Å². The Morgan fingerprint density at radius 1 is 1.28 bits per heavy atom. The Balaban J connectivity index is 1.49. The number of carbonyl (C=O) groups is 2. The van der Waals surface area contributed by atoms with E-state index in [1.165, 1.54) is 18.8 Å². The molecule has 4 rings (SSSR count). The first-order chi connectivity index (χ1) is 14.0. The summed E-state index contributed by atoms with van der Waals surface area (Å²) in [6.45, 7) is 0.889. The number of hydrogen-bond donors (Lipinski definition) is 2. The fraction of sp³-hybridized carbons (Fsp3) is 0.286. The maximum absolute atomic E-state index is 12.8. The lowest BCUT2D eigenvalue weighted by molar-refractivity contribution is -0.129. The summed E-state index contributed by atoms with van der Waals surface area (Å²) in [4.78, 5) is 42.4. The molecule has 7 nitrogen and oxygen atoms in total. The quantitative estimate of drug-likeness (QED) is 0.643. The van der Waals surface area contributed by atoms with Crippen LogP contribution >= 0.6 is 11.8 Å². The number of H-pyrrole nitrogens is 1. The Hall–Kier alpha value is -3.00. The van der Waals surface area contributed by atoms with Crippen LogP contribution < -0.4 is 10.9 Å². The van der Waals surface area contributed by atoms with Crippen LogP contribution in [-0.2, 0) is 24.8 Å². The van der Waals surface area contributed by atoms with Gasteiger partial charge in [-0.1, -0.05) is 18.2 Å². The van der Waals surface area contributed by atoms with E-state index in [0.717, 1.165) is 26.9 Å². The van der Waals surface area contributed by atoms with Crippen LogP contribution in [0.25, 0.3) is 10.9 Å². The second-order valence-electron chi connectivity index (χ2n) is 7.05. The number of amides is 2. The zero-order valence-corrected chi connectivity index (χ0v) is 17.1. The van der Waals surface area contributed by atoms with Gasteiger partial charge in [-0.05, 0) is 23.6 Å². The number of carbonyl (C=O) groups excluding carboxylic acids is 2. The molecule has 0 saturated carbocycles. The minimum Gasteiger partial charge on any atom is -0.355 e. The summed E-state index contributed by atoms with van der Waals surface area (Å²) in [6, 6.07) is 8.13. The molecule has 3 heterocycles. The van der Waals surface area contributed by atoms with Crippen LogP contribution in [0.15, 0.2) is 46.3 Å². The van der Waals surface area contributed by atoms with Crippen molar-refractivity contribution in [3.8, 4) is 0 Å². The lowest BCUT2D eigenvalue weighted by Crippen LogP contribution is -2.40. The van der Waals surface area contributed by atoms with E-state index in [1.807, 2.05) is 19.2 Å². The average Bonchev–Trinajstić information content (AvgIpc) is 3.07. The molecule has 0 saturated heterocycles. The minimum atomic E-state index is -0.394. The number of para-hydroxylation sites is 1. The fourth-order valence-corrected chi connectivity index (χ4v) is 4.82. The number of aryl methyl sites for hydroxylation is 1. The highest BCUT2D eigenvalue weighted by atomic mass is 32.2. The van der Waals surface area contributed by atoms with E-state index in [1.54, 1.807) is 11.1 Å². The highest BCUT2D eigenvalue weighted by Gasteiger charge is 2.26. The van der Waals surface area contributed by atoms with Gasteiger partial charge in [0, 0.05) is 55.4 Å². The summed E-state index contributed by atoms with van der Waals surface area (Å²) in [7, 11) is 3.50. The third-order valence-electron chi connectivity index (χ3n) is 5.31. The zero-order valence-electron chi connectivity index (χ0n) is 16.3. The summed E-state index contributed by atoms with van der Waals surface area (Å²) in [6.07, 6.45) is 4.16. The zero-order chi connectivity index (χ0) is 20.5. The first-order valence-electron chi connectivity index (χ1n) is 9.39. The number of aromatic amines is 1. The van der Waals surface area contributed by atoms with Gasteiger partial charge in [0.15, 0.2) is 0 Å². The molecule has 29 heavy (non-hydrogen) atoms. The first-order valence-corrected chi connectivity index (χ1v) is 10.4. The van der Waals surface area contributed by atoms with Crippen molar-refractivity contribution in [2.75, 3.05) is 19.3 Å². The molecule has 150 valence electrons. The predicted molar refractivity (Wildman–Crippen MR) is 113 cm³/mol. The Labute approximate surface area is 172 Å². The van der Waals surface area contributed by atoms with Crippen LogP contribution in [-0.4, -0.2) is 45.6 Å². The van der Waals surface area contributed by atoms with E-state index in [2.05, 4.69) is 33.2 Å². The van der Waals surface area contributed by atoms with Gasteiger partial charge in [0.25, 0.3) is 11.5 Å². The third kappa shape index (κ3) is 3.55. The maximum atomic E-state index is 12.8. The smallest absolute Gasteiger partial charge is 0.261 e. The normalized spacial score (nSPS) is 13.4. The van der Waals surface area contributed by atoms with Crippen LogP contribution in [0, 0.1) is 0 Å². The molecule has 0 aliphatic carbocycles. The second-order valence-corrected chi connectivity index (χ2v) is 8.07. The molecule has 0 bridgehead atoms. The molecule has 8 heteroatoms. The first kappa shape index (κ1) is 19.3. The largest absolute Gasteiger partial charge is 0.355 e. The monoisotopic (exact) mass is 410 g/mol. The molecular weight excluding hydrogens is 388 g/mol. The van der Waals surface area contributed by atoms with Gasteiger partial charge in [-0.3, -0.25) is 14.4 Å². The number of fused-ring (bicyclic) bond motifs is 2. The van der Waals surface area contributed by atoms with Crippen LogP contribution in [0.3, 0.4) is 0 Å². The molecule has 0 spiro atoms. The van der Waals surface area contributed by atoms with Crippen LogP contribution in [0.1, 0.15) is 21.5 Å². The number of pyridine rings is 1. The van der Waals surface area contributed by atoms with Gasteiger partial charge in [-0.15, -0.1) is 11.8 Å². The van der Waals surface area contributed by atoms with Crippen LogP contribution in [0.5, 0.6) is 0 Å². The van der Waals surface area contributed by atoms with Gasteiger partial charge in [-0.2, -0.15) is 0 Å². The average molecular weight is 410 g/mol. The number of nitrogens with one attached hydrogen (secondary N) is 2. The van der Waals surface area contributed by atoms with Crippen molar-refractivity contribution in [2.45, 2.75) is 17.9 Å². The van der Waals surface area contributed by atoms with Gasteiger partial charge in [-0.25, -0.2) is 0 Å². The van der Waals surface area contributed by atoms with Crippen molar-refractivity contribution in [3.05, 3.63) is 63.7 Å². The summed E-state index contributed by atoms with van der Waals surface area (Å²) < 4.78 is 2.07. The van der Waals surface area contributed by atoms with Crippen molar-refractivity contribution >= 4 is 34.5 Å². The Morgan fingerprint density at radius 2 is 2.07 bits per heavy atom. The van der Waals surface area contributed by atoms with Crippen molar-refractivity contribution in [1.82, 2.24) is 19.8 Å². The maximum Gasteiger partial charge on any atom is 0.261 e. The Morgan fingerprint density at radius 3 is 2.86 bits per heavy atom. The molecule has 1 aromatic carbocycles. The second kappa shape index (κ2) is 7.79. The topological polar surface area (TPSA) is 87.2 Å². The molecule has 2 N–H and O–H groups in total. The third-order valence-corrected chi connectivity index (χ3v) is 6.33. The Kier molecular flexibility index (Phi) is 5.19. The van der Waals surface area contributed by atoms with E-state index in [-0.39, 0.29) is 11.5 Å². The Bertz CT molecular complexity index is 1160. The lowest BCUT2D eigenvalue weighted by atomic mass is 9.96. The molecule has 0 radical (unpaired) electrons. The molecule has 0 fully saturated rings. The van der Waals surface area contributed by atoms with Gasteiger partial charge in [0.2, 0.25) is 5.91 Å². The molecular formula is C21H22N4O3S. The molecule has 0 unspecified atom stereocenters. The number of hydrogen-bond acceptors (Lipinski definition) is 4. The SMILES string of the molecule is CNC(=O)c1c2c(c[nH]c1=O)CN(C(=O)CSc1cn(C)c3ccccc13)CC2. The number of nitrogens with zero attached hydrogens (tertiary/aromatic N) is 2. The standard InChI is InChI=1S/C21H22N4O3S/c1-22-20(27)19-14-7-8-25(10-13(14)9-23-21(19)28)18(26)12-29-17-11-24(2)16-6-4-3-5-15(16)17/h3-6,9,11H,7-8,10,12H2,1-2H3,(H,22,27)(H,23,28). The van der Waals surface area contributed by atoms with Crippen molar-refractivity contribution in [3.63, 3.8) is 0 Å². The summed E-state index contributed by atoms with van der Waals surface area (Å²) in [5.41, 5.74) is 2.45. The highest BCUT2D eigenvalue weighted by molar-refractivity contribution is 8.00. The van der Waals surface area contributed by atoms with E-state index in [9.17, 15) is 14.4 Å². The number of rotatable bonds is 4. The van der Waals surface area contributed by atoms with Crippen molar-refractivity contribution < 1.29 is 9.59 Å². The molecule has 1 aliphatic rings. The minimum absolute atomic E-state index is 0.0428. The number of benzene rings is 1. The number of aromatic nitrogens is 2. The lowest BCUT2D eigenvalue weighted by Gasteiger charge is -2.29. The van der Waals surface area contributed by atoms with Crippen molar-refractivity contribution in [2.24, 2.45) is 7.05 Å². The van der Waals surface area contributed by atoms with Gasteiger partial charge >= 0.3 is 0 Å². The fourth-order valence-electron chi connectivity index (χ4n) is 3.80. The predicted octanol–water partition coefficient (Wildman–Crippen LogP) is 1.90. The van der Waals surface area contributed by atoms with Gasteiger partial charge < -0.3 is 19.8 Å². The molecule has 1 aliphatic heterocycles. The molecule has 2 aromatic heterocycles. The summed E-state index contributed by atoms with van der Waals surface area (Å²) >= 11 is 1.53. The number of thioether (sulfide) groups is 1. The van der Waals surface area contributed by atoms with E-state index >= 15 is 0 Å². The summed E-state index contributed by atoms with van der Waals surface area (Å²) in [5.74, 6) is -0.00898.